The van der Waals surface area contributed by atoms with Crippen molar-refractivity contribution in [3.8, 4) is 0 Å². The molecule has 0 bridgehead atoms. The van der Waals surface area contributed by atoms with Gasteiger partial charge >= 0.3 is 11.9 Å². The number of hydrogen-bond acceptors (Lipinski definition) is 2. The lowest BCUT2D eigenvalue weighted by Gasteiger charge is -2.26. The number of aliphatic carboxylic acids is 2. The number of carboxylic acid groups (broad SMARTS) is 2. The molecule has 4 nitrogen and oxygen atoms in total. The van der Waals surface area contributed by atoms with E-state index in [0.29, 0.717) is 6.42 Å². The molecule has 0 aliphatic heterocycles. The minimum atomic E-state index is -1.74. The molecule has 0 heterocycles. The zero-order chi connectivity index (χ0) is 10.8. The van der Waals surface area contributed by atoms with E-state index in [1.165, 1.54) is 6.08 Å². The Kier molecular flexibility index (Phi) is 2.74. The number of carboxylic acids is 2. The van der Waals surface area contributed by atoms with Gasteiger partial charge in [0.25, 0.3) is 0 Å². The highest BCUT2D eigenvalue weighted by Gasteiger charge is 2.45. The molecule has 0 saturated heterocycles. The molecule has 1 aliphatic carbocycles. The summed E-state index contributed by atoms with van der Waals surface area (Å²) in [6.07, 6.45) is 5.17. The van der Waals surface area contributed by atoms with Crippen molar-refractivity contribution in [2.24, 2.45) is 11.3 Å². The van der Waals surface area contributed by atoms with Gasteiger partial charge in [0.1, 0.15) is 0 Å². The summed E-state index contributed by atoms with van der Waals surface area (Å²) in [7, 11) is 0. The van der Waals surface area contributed by atoms with Crippen LogP contribution in [0.2, 0.25) is 0 Å². The third kappa shape index (κ3) is 1.55. The van der Waals surface area contributed by atoms with E-state index in [0.717, 1.165) is 0 Å². The average molecular weight is 196 g/mol. The van der Waals surface area contributed by atoms with Crippen LogP contribution in [0.5, 0.6) is 0 Å². The molecule has 4 heteroatoms. The largest absolute Gasteiger partial charge is 0.480 e. The van der Waals surface area contributed by atoms with Crippen molar-refractivity contribution in [1.82, 2.24) is 0 Å². The first-order valence-electron chi connectivity index (χ1n) is 4.31. The molecule has 0 aromatic heterocycles. The van der Waals surface area contributed by atoms with Crippen LogP contribution >= 0.6 is 0 Å². The summed E-state index contributed by atoms with van der Waals surface area (Å²) < 4.78 is 0. The molecule has 0 amide bonds. The fourth-order valence-electron chi connectivity index (χ4n) is 1.51. The first-order chi connectivity index (χ1) is 6.53. The van der Waals surface area contributed by atoms with Gasteiger partial charge in [0, 0.05) is 0 Å². The lowest BCUT2D eigenvalue weighted by molar-refractivity contribution is -0.161. The molecular formula is C10H12O4. The number of carbonyl (C=O) groups is 2. The molecule has 1 aliphatic rings. The van der Waals surface area contributed by atoms with Gasteiger partial charge in [-0.25, -0.2) is 0 Å². The van der Waals surface area contributed by atoms with Crippen LogP contribution in [-0.4, -0.2) is 22.2 Å². The third-order valence-corrected chi connectivity index (χ3v) is 2.57. The predicted molar refractivity (Wildman–Crippen MR) is 49.8 cm³/mol. The van der Waals surface area contributed by atoms with Crippen molar-refractivity contribution < 1.29 is 19.8 Å². The van der Waals surface area contributed by atoms with Gasteiger partial charge in [0.15, 0.2) is 5.41 Å². The topological polar surface area (TPSA) is 74.6 Å². The second-order valence-electron chi connectivity index (χ2n) is 3.38. The Hall–Kier alpha value is -1.58. The molecule has 1 unspecified atom stereocenters. The first-order valence-corrected chi connectivity index (χ1v) is 4.31. The van der Waals surface area contributed by atoms with E-state index in [1.54, 1.807) is 12.2 Å². The lowest BCUT2D eigenvalue weighted by Crippen LogP contribution is -2.39. The smallest absolute Gasteiger partial charge is 0.324 e. The summed E-state index contributed by atoms with van der Waals surface area (Å²) in [5.41, 5.74) is -1.74. The van der Waals surface area contributed by atoms with Crippen molar-refractivity contribution in [3.05, 3.63) is 24.8 Å². The molecule has 1 atom stereocenters. The summed E-state index contributed by atoms with van der Waals surface area (Å²) in [5.74, 6) is -2.52. The fourth-order valence-corrected chi connectivity index (χ4v) is 1.51. The minimum absolute atomic E-state index is 0.0850. The van der Waals surface area contributed by atoms with Gasteiger partial charge in [-0.05, 0) is 18.8 Å². The van der Waals surface area contributed by atoms with E-state index >= 15 is 0 Å². The quantitative estimate of drug-likeness (QED) is 0.527. The third-order valence-electron chi connectivity index (χ3n) is 2.57. The molecule has 0 radical (unpaired) electrons. The molecule has 0 fully saturated rings. The van der Waals surface area contributed by atoms with Crippen molar-refractivity contribution in [1.29, 1.82) is 0 Å². The van der Waals surface area contributed by atoms with Crippen molar-refractivity contribution in [3.63, 3.8) is 0 Å². The highest BCUT2D eigenvalue weighted by Crippen LogP contribution is 2.34. The van der Waals surface area contributed by atoms with Crippen molar-refractivity contribution in [2.75, 3.05) is 0 Å². The summed E-state index contributed by atoms with van der Waals surface area (Å²) in [6, 6.07) is 0. The van der Waals surface area contributed by atoms with Gasteiger partial charge in [-0.15, -0.1) is 6.58 Å². The van der Waals surface area contributed by atoms with Crippen LogP contribution in [-0.2, 0) is 9.59 Å². The van der Waals surface area contributed by atoms with Crippen molar-refractivity contribution in [2.45, 2.75) is 12.8 Å². The molecule has 76 valence electrons. The molecule has 0 aromatic carbocycles. The Bertz CT molecular complexity index is 289. The number of allylic oxidation sites excluding steroid dienone is 2. The predicted octanol–water partition coefficient (Wildman–Crippen LogP) is 1.29. The van der Waals surface area contributed by atoms with Crippen LogP contribution in [0.1, 0.15) is 12.8 Å². The Morgan fingerprint density at radius 1 is 1.43 bits per heavy atom. The van der Waals surface area contributed by atoms with Crippen LogP contribution in [0.4, 0.5) is 0 Å². The maximum absolute atomic E-state index is 10.9. The van der Waals surface area contributed by atoms with Crippen LogP contribution in [0.25, 0.3) is 0 Å². The lowest BCUT2D eigenvalue weighted by atomic mass is 9.76. The van der Waals surface area contributed by atoms with Crippen LogP contribution in [0.15, 0.2) is 24.8 Å². The van der Waals surface area contributed by atoms with E-state index in [1.807, 2.05) is 0 Å². The minimum Gasteiger partial charge on any atom is -0.480 e. The zero-order valence-electron chi connectivity index (χ0n) is 7.64. The van der Waals surface area contributed by atoms with Crippen LogP contribution < -0.4 is 0 Å². The van der Waals surface area contributed by atoms with E-state index in [9.17, 15) is 9.59 Å². The summed E-state index contributed by atoms with van der Waals surface area (Å²) >= 11 is 0. The standard InChI is InChI=1S/C10H12O4/c1-2-7-3-5-10(6-4-7,8(11)12)9(13)14/h2-3,5,7H,1,4,6H2,(H,11,12)(H,13,14). The molecule has 0 saturated carbocycles. The molecule has 14 heavy (non-hydrogen) atoms. The Balaban J connectivity index is 2.99. The highest BCUT2D eigenvalue weighted by atomic mass is 16.4. The molecule has 0 spiro atoms. The summed E-state index contributed by atoms with van der Waals surface area (Å²) in [4.78, 5) is 21.7. The maximum Gasteiger partial charge on any atom is 0.324 e. The second-order valence-corrected chi connectivity index (χ2v) is 3.38. The SMILES string of the molecule is C=CC1C=CC(C(=O)O)(C(=O)O)CC1. The van der Waals surface area contributed by atoms with Gasteiger partial charge in [-0.3, -0.25) is 9.59 Å². The average Bonchev–Trinajstić information content (AvgIpc) is 2.17. The Morgan fingerprint density at radius 3 is 2.29 bits per heavy atom. The summed E-state index contributed by atoms with van der Waals surface area (Å²) in [6.45, 7) is 3.58. The van der Waals surface area contributed by atoms with Crippen molar-refractivity contribution >= 4 is 11.9 Å². The molecule has 2 N–H and O–H groups in total. The first kappa shape index (κ1) is 10.5. The van der Waals surface area contributed by atoms with Gasteiger partial charge in [-0.2, -0.15) is 0 Å². The highest BCUT2D eigenvalue weighted by molar-refractivity contribution is 6.00. The van der Waals surface area contributed by atoms with E-state index in [2.05, 4.69) is 6.58 Å². The Labute approximate surface area is 81.6 Å². The number of hydrogen-bond donors (Lipinski definition) is 2. The van der Waals surface area contributed by atoms with Crippen LogP contribution in [0.3, 0.4) is 0 Å². The fraction of sp³-hybridized carbons (Fsp3) is 0.400. The number of rotatable bonds is 3. The van der Waals surface area contributed by atoms with Gasteiger partial charge in [-0.1, -0.05) is 18.2 Å². The molecule has 1 rings (SSSR count). The van der Waals surface area contributed by atoms with Gasteiger partial charge < -0.3 is 10.2 Å². The maximum atomic E-state index is 10.9. The van der Waals surface area contributed by atoms with Gasteiger partial charge in [0.05, 0.1) is 0 Å². The summed E-state index contributed by atoms with van der Waals surface area (Å²) in [5, 5.41) is 17.7. The Morgan fingerprint density at radius 2 is 2.00 bits per heavy atom. The normalized spacial score (nSPS) is 24.1. The van der Waals surface area contributed by atoms with E-state index in [4.69, 9.17) is 10.2 Å². The monoisotopic (exact) mass is 196 g/mol. The van der Waals surface area contributed by atoms with Crippen LogP contribution in [0, 0.1) is 11.3 Å². The van der Waals surface area contributed by atoms with Gasteiger partial charge in [0.2, 0.25) is 0 Å². The van der Waals surface area contributed by atoms with E-state index < -0.39 is 17.4 Å². The second kappa shape index (κ2) is 3.65. The molecule has 0 aromatic rings. The molecular weight excluding hydrogens is 184 g/mol. The van der Waals surface area contributed by atoms with E-state index in [-0.39, 0.29) is 12.3 Å². The zero-order valence-corrected chi connectivity index (χ0v) is 7.64.